The van der Waals surface area contributed by atoms with Gasteiger partial charge in [-0.05, 0) is 18.4 Å². The number of hydrogen-bond acceptors (Lipinski definition) is 7. The highest BCUT2D eigenvalue weighted by Gasteiger charge is 2.04. The lowest BCUT2D eigenvalue weighted by molar-refractivity contribution is -0.145. The molecule has 0 aliphatic carbocycles. The van der Waals surface area contributed by atoms with Crippen molar-refractivity contribution in [2.24, 2.45) is 0 Å². The van der Waals surface area contributed by atoms with E-state index in [0.29, 0.717) is 72.2 Å². The molecule has 8 nitrogen and oxygen atoms in total. The maximum absolute atomic E-state index is 11.8. The van der Waals surface area contributed by atoms with E-state index in [0.717, 1.165) is 31.2 Å². The third-order valence-corrected chi connectivity index (χ3v) is 4.52. The largest absolute Gasteiger partial charge is 0.461 e. The summed E-state index contributed by atoms with van der Waals surface area (Å²) in [5.74, 6) is -0.146. The molecule has 1 aromatic rings. The normalized spacial score (nSPS) is 10.8. The van der Waals surface area contributed by atoms with Gasteiger partial charge in [-0.15, -0.1) is 0 Å². The Morgan fingerprint density at radius 1 is 0.750 bits per heavy atom. The van der Waals surface area contributed by atoms with E-state index >= 15 is 0 Å². The fourth-order valence-electron chi connectivity index (χ4n) is 2.75. The third kappa shape index (κ3) is 17.7. The molecule has 0 unspecified atom stereocenters. The summed E-state index contributed by atoms with van der Waals surface area (Å²) in [4.78, 5) is 23.5. The van der Waals surface area contributed by atoms with E-state index in [-0.39, 0.29) is 11.9 Å². The molecule has 8 heteroatoms. The molecular formula is C24H39NO7. The van der Waals surface area contributed by atoms with Crippen molar-refractivity contribution in [1.82, 2.24) is 5.32 Å². The van der Waals surface area contributed by atoms with E-state index in [1.54, 1.807) is 7.11 Å². The first-order valence-corrected chi connectivity index (χ1v) is 11.4. The van der Waals surface area contributed by atoms with Crippen LogP contribution < -0.4 is 5.32 Å². The second kappa shape index (κ2) is 20.9. The molecule has 1 amide bonds. The van der Waals surface area contributed by atoms with Crippen molar-refractivity contribution < 1.29 is 33.3 Å². The maximum atomic E-state index is 11.8. The van der Waals surface area contributed by atoms with Crippen molar-refractivity contribution in [3.05, 3.63) is 35.9 Å². The molecule has 0 spiro atoms. The van der Waals surface area contributed by atoms with Crippen LogP contribution in [0.15, 0.2) is 30.3 Å². The maximum Gasteiger partial charge on any atom is 0.306 e. The number of rotatable bonds is 21. The zero-order chi connectivity index (χ0) is 23.1. The second-order valence-electron chi connectivity index (χ2n) is 7.24. The zero-order valence-electron chi connectivity index (χ0n) is 19.4. The molecular weight excluding hydrogens is 414 g/mol. The van der Waals surface area contributed by atoms with Gasteiger partial charge in [0.25, 0.3) is 0 Å². The third-order valence-electron chi connectivity index (χ3n) is 4.52. The highest BCUT2D eigenvalue weighted by atomic mass is 16.6. The molecule has 0 saturated carbocycles. The highest BCUT2D eigenvalue weighted by Crippen LogP contribution is 2.08. The minimum absolute atomic E-state index is 0.0281. The van der Waals surface area contributed by atoms with Crippen LogP contribution in [0.25, 0.3) is 0 Å². The molecule has 0 aliphatic heterocycles. The van der Waals surface area contributed by atoms with Gasteiger partial charge in [-0.1, -0.05) is 43.2 Å². The van der Waals surface area contributed by atoms with E-state index in [9.17, 15) is 9.59 Å². The molecule has 0 aliphatic rings. The average molecular weight is 454 g/mol. The summed E-state index contributed by atoms with van der Waals surface area (Å²) in [7, 11) is 1.64. The lowest BCUT2D eigenvalue weighted by Gasteiger charge is -2.08. The Kier molecular flexibility index (Phi) is 18.3. The number of carbonyl (C=O) groups excluding carboxylic acids is 2. The molecule has 0 fully saturated rings. The number of ether oxygens (including phenoxy) is 5. The van der Waals surface area contributed by atoms with Crippen LogP contribution in [0.1, 0.15) is 44.1 Å². The van der Waals surface area contributed by atoms with Crippen LogP contribution >= 0.6 is 0 Å². The lowest BCUT2D eigenvalue weighted by Crippen LogP contribution is -2.27. The van der Waals surface area contributed by atoms with Gasteiger partial charge >= 0.3 is 5.97 Å². The molecule has 0 aromatic heterocycles. The summed E-state index contributed by atoms with van der Waals surface area (Å²) >= 11 is 0. The van der Waals surface area contributed by atoms with E-state index < -0.39 is 0 Å². The predicted molar refractivity (Wildman–Crippen MR) is 121 cm³/mol. The minimum atomic E-state index is -0.174. The number of amides is 1. The summed E-state index contributed by atoms with van der Waals surface area (Å²) in [5, 5.41) is 2.84. The predicted octanol–water partition coefficient (Wildman–Crippen LogP) is 2.88. The van der Waals surface area contributed by atoms with Crippen molar-refractivity contribution in [3.63, 3.8) is 0 Å². The molecule has 0 heterocycles. The van der Waals surface area contributed by atoms with E-state index in [1.807, 2.05) is 30.3 Å². The van der Waals surface area contributed by atoms with Crippen LogP contribution in [0.2, 0.25) is 0 Å². The van der Waals surface area contributed by atoms with Gasteiger partial charge in [0.2, 0.25) is 5.91 Å². The Bertz CT molecular complexity index is 583. The van der Waals surface area contributed by atoms with E-state index in [1.165, 1.54) is 0 Å². The lowest BCUT2D eigenvalue weighted by atomic mass is 10.1. The van der Waals surface area contributed by atoms with Crippen LogP contribution in [0.5, 0.6) is 0 Å². The van der Waals surface area contributed by atoms with Crippen LogP contribution in [-0.2, 0) is 39.9 Å². The Hall–Kier alpha value is -2.00. The summed E-state index contributed by atoms with van der Waals surface area (Å²) in [6.45, 7) is 4.48. The van der Waals surface area contributed by atoms with Crippen LogP contribution in [-0.4, -0.2) is 71.8 Å². The molecule has 182 valence electrons. The van der Waals surface area contributed by atoms with Gasteiger partial charge in [0, 0.05) is 26.5 Å². The molecule has 32 heavy (non-hydrogen) atoms. The van der Waals surface area contributed by atoms with Crippen LogP contribution in [0.3, 0.4) is 0 Å². The van der Waals surface area contributed by atoms with E-state index in [4.69, 9.17) is 23.7 Å². The van der Waals surface area contributed by atoms with Gasteiger partial charge in [0.15, 0.2) is 0 Å². The highest BCUT2D eigenvalue weighted by molar-refractivity contribution is 5.75. The molecule has 0 bridgehead atoms. The standard InChI is InChI=1S/C24H39NO7/c1-28-15-16-30-19-20-31-18-17-29-14-13-25-23(26)11-7-2-3-8-12-24(27)32-21-22-9-5-4-6-10-22/h4-6,9-10H,2-3,7-8,11-21H2,1H3,(H,25,26). The van der Waals surface area contributed by atoms with Gasteiger partial charge in [0.05, 0.1) is 46.2 Å². The molecule has 1 N–H and O–H groups in total. The number of unbranched alkanes of at least 4 members (excludes halogenated alkanes) is 3. The fraction of sp³-hybridized carbons (Fsp3) is 0.667. The van der Waals surface area contributed by atoms with Crippen LogP contribution in [0.4, 0.5) is 0 Å². The van der Waals surface area contributed by atoms with Gasteiger partial charge in [-0.25, -0.2) is 0 Å². The molecule has 1 rings (SSSR count). The van der Waals surface area contributed by atoms with E-state index in [2.05, 4.69) is 5.32 Å². The zero-order valence-corrected chi connectivity index (χ0v) is 19.4. The molecule has 1 aromatic carbocycles. The minimum Gasteiger partial charge on any atom is -0.461 e. The molecule has 0 atom stereocenters. The number of methoxy groups -OCH3 is 1. The number of carbonyl (C=O) groups is 2. The number of hydrogen-bond donors (Lipinski definition) is 1. The molecule has 0 saturated heterocycles. The van der Waals surface area contributed by atoms with Crippen molar-refractivity contribution in [2.75, 3.05) is 59.9 Å². The van der Waals surface area contributed by atoms with Gasteiger partial charge in [-0.2, -0.15) is 0 Å². The fourth-order valence-corrected chi connectivity index (χ4v) is 2.75. The topological polar surface area (TPSA) is 92.3 Å². The number of esters is 1. The first kappa shape index (κ1) is 28.0. The Morgan fingerprint density at radius 3 is 2.00 bits per heavy atom. The Morgan fingerprint density at radius 2 is 1.34 bits per heavy atom. The monoisotopic (exact) mass is 453 g/mol. The van der Waals surface area contributed by atoms with Gasteiger partial charge in [-0.3, -0.25) is 9.59 Å². The number of benzene rings is 1. The summed E-state index contributed by atoms with van der Waals surface area (Å²) in [6, 6.07) is 9.64. The Balaban J connectivity index is 1.80. The quantitative estimate of drug-likeness (QED) is 0.226. The molecule has 0 radical (unpaired) electrons. The average Bonchev–Trinajstić information content (AvgIpc) is 2.81. The smallest absolute Gasteiger partial charge is 0.306 e. The van der Waals surface area contributed by atoms with Gasteiger partial charge < -0.3 is 29.0 Å². The summed E-state index contributed by atoms with van der Waals surface area (Å²) in [5.41, 5.74) is 0.991. The van der Waals surface area contributed by atoms with Crippen molar-refractivity contribution in [2.45, 2.75) is 45.1 Å². The second-order valence-corrected chi connectivity index (χ2v) is 7.24. The Labute approximate surface area is 191 Å². The first-order chi connectivity index (χ1) is 15.7. The van der Waals surface area contributed by atoms with Crippen molar-refractivity contribution >= 4 is 11.9 Å². The number of nitrogens with one attached hydrogen (secondary N) is 1. The van der Waals surface area contributed by atoms with Crippen LogP contribution in [0, 0.1) is 0 Å². The van der Waals surface area contributed by atoms with Crippen molar-refractivity contribution in [3.8, 4) is 0 Å². The SMILES string of the molecule is COCCOCCOCCOCCNC(=O)CCCCCCC(=O)OCc1ccccc1. The summed E-state index contributed by atoms with van der Waals surface area (Å²) in [6.07, 6.45) is 4.33. The van der Waals surface area contributed by atoms with Gasteiger partial charge in [0.1, 0.15) is 6.61 Å². The van der Waals surface area contributed by atoms with Crippen molar-refractivity contribution in [1.29, 1.82) is 0 Å². The summed E-state index contributed by atoms with van der Waals surface area (Å²) < 4.78 is 26.2. The first-order valence-electron chi connectivity index (χ1n) is 11.4.